The highest BCUT2D eigenvalue weighted by molar-refractivity contribution is 8.23. The van der Waals surface area contributed by atoms with Crippen molar-refractivity contribution < 1.29 is 33.2 Å². The molecule has 2 atom stereocenters. The number of thiocarbonyl (C=S) groups is 1. The maximum atomic E-state index is 12.3. The van der Waals surface area contributed by atoms with Crippen LogP contribution < -0.4 is 9.47 Å². The first kappa shape index (κ1) is 24.6. The van der Waals surface area contributed by atoms with Crippen LogP contribution >= 0.6 is 24.0 Å². The fourth-order valence-corrected chi connectivity index (χ4v) is 3.45. The second-order valence-electron chi connectivity index (χ2n) is 6.11. The molecule has 0 saturated carbocycles. The molecule has 0 bridgehead atoms. The zero-order valence-corrected chi connectivity index (χ0v) is 19.1. The summed E-state index contributed by atoms with van der Waals surface area (Å²) in [6.07, 6.45) is 2.38. The van der Waals surface area contributed by atoms with Gasteiger partial charge < -0.3 is 28.4 Å². The molecule has 1 saturated heterocycles. The van der Waals surface area contributed by atoms with Crippen LogP contribution in [0.5, 0.6) is 11.5 Å². The number of hydrogen-bond acceptors (Lipinski definition) is 9. The van der Waals surface area contributed by atoms with E-state index in [0.29, 0.717) is 22.4 Å². The minimum absolute atomic E-state index is 0.0154. The zero-order valence-electron chi connectivity index (χ0n) is 17.5. The molecule has 2 rings (SSSR count). The second-order valence-corrected chi connectivity index (χ2v) is 7.84. The molecule has 1 amide bonds. The highest BCUT2D eigenvalue weighted by Gasteiger charge is 2.22. The summed E-state index contributed by atoms with van der Waals surface area (Å²) in [6, 6.07) is 5.29. The molecule has 10 heteroatoms. The fraction of sp³-hybridized carbons (Fsp3) is 0.500. The van der Waals surface area contributed by atoms with E-state index in [4.69, 9.17) is 40.6 Å². The number of methoxy groups -OCH3 is 2. The molecule has 166 valence electrons. The standard InChI is InChI=1S/C20H27NO7S2/c1-14(23-3)25-12-27-17-7-5-16(11-18(17)28-13-26-15(2)24-4)6-8-19(22)21-9-10-30-20(21)29/h5-8,11,14-15H,9-10,12-13H2,1-4H3. The molecule has 1 aliphatic rings. The zero-order chi connectivity index (χ0) is 21.9. The molecule has 2 unspecified atom stereocenters. The molecule has 1 aromatic rings. The Morgan fingerprint density at radius 2 is 1.77 bits per heavy atom. The van der Waals surface area contributed by atoms with Gasteiger partial charge in [0.15, 0.2) is 37.7 Å². The second kappa shape index (κ2) is 12.9. The van der Waals surface area contributed by atoms with Gasteiger partial charge in [0.25, 0.3) is 5.91 Å². The van der Waals surface area contributed by atoms with Gasteiger partial charge in [-0.2, -0.15) is 0 Å². The number of nitrogens with zero attached hydrogens (tertiary/aromatic N) is 1. The van der Waals surface area contributed by atoms with Gasteiger partial charge in [0.1, 0.15) is 4.32 Å². The lowest BCUT2D eigenvalue weighted by Crippen LogP contribution is -2.28. The van der Waals surface area contributed by atoms with Crippen LogP contribution in [0.3, 0.4) is 0 Å². The first-order chi connectivity index (χ1) is 14.4. The lowest BCUT2D eigenvalue weighted by Gasteiger charge is -2.17. The summed E-state index contributed by atoms with van der Waals surface area (Å²) < 4.78 is 32.7. The predicted octanol–water partition coefficient (Wildman–Crippen LogP) is 3.25. The predicted molar refractivity (Wildman–Crippen MR) is 118 cm³/mol. The van der Waals surface area contributed by atoms with E-state index in [1.807, 2.05) is 0 Å². The molecule has 0 aromatic heterocycles. The number of amides is 1. The summed E-state index contributed by atoms with van der Waals surface area (Å²) in [5, 5.41) is 0. The van der Waals surface area contributed by atoms with Crippen molar-refractivity contribution in [3.05, 3.63) is 29.8 Å². The van der Waals surface area contributed by atoms with Crippen LogP contribution in [0.2, 0.25) is 0 Å². The molecule has 1 aliphatic heterocycles. The Morgan fingerprint density at radius 1 is 1.13 bits per heavy atom. The van der Waals surface area contributed by atoms with Crippen LogP contribution in [0.25, 0.3) is 6.08 Å². The Kier molecular flexibility index (Phi) is 10.6. The van der Waals surface area contributed by atoms with E-state index in [-0.39, 0.29) is 19.5 Å². The van der Waals surface area contributed by atoms with E-state index in [9.17, 15) is 4.79 Å². The van der Waals surface area contributed by atoms with Crippen molar-refractivity contribution >= 4 is 40.3 Å². The van der Waals surface area contributed by atoms with Crippen molar-refractivity contribution in [2.45, 2.75) is 26.4 Å². The Labute approximate surface area is 186 Å². The summed E-state index contributed by atoms with van der Waals surface area (Å²) >= 11 is 6.69. The van der Waals surface area contributed by atoms with Crippen LogP contribution in [0.1, 0.15) is 19.4 Å². The minimum atomic E-state index is -0.414. The van der Waals surface area contributed by atoms with E-state index in [2.05, 4.69) is 0 Å². The van der Waals surface area contributed by atoms with Gasteiger partial charge >= 0.3 is 0 Å². The largest absolute Gasteiger partial charge is 0.464 e. The lowest BCUT2D eigenvalue weighted by molar-refractivity contribution is -0.155. The number of hydrogen-bond donors (Lipinski definition) is 0. The van der Waals surface area contributed by atoms with E-state index < -0.39 is 12.6 Å². The van der Waals surface area contributed by atoms with Gasteiger partial charge in [-0.05, 0) is 37.6 Å². The van der Waals surface area contributed by atoms with Crippen LogP contribution in [0.4, 0.5) is 0 Å². The first-order valence-corrected chi connectivity index (χ1v) is 10.7. The van der Waals surface area contributed by atoms with Gasteiger partial charge in [-0.15, -0.1) is 0 Å². The molecule has 0 aliphatic carbocycles. The lowest BCUT2D eigenvalue weighted by atomic mass is 10.2. The molecular formula is C20H27NO7S2. The van der Waals surface area contributed by atoms with E-state index in [1.165, 1.54) is 17.8 Å². The number of carbonyl (C=O) groups is 1. The van der Waals surface area contributed by atoms with Gasteiger partial charge in [-0.3, -0.25) is 9.69 Å². The van der Waals surface area contributed by atoms with Crippen molar-refractivity contribution in [2.75, 3.05) is 40.1 Å². The van der Waals surface area contributed by atoms with Crippen LogP contribution in [-0.4, -0.2) is 67.8 Å². The number of carbonyl (C=O) groups excluding carboxylic acids is 1. The molecule has 1 fully saturated rings. The number of thioether (sulfide) groups is 1. The number of rotatable bonds is 12. The third-order valence-corrected chi connectivity index (χ3v) is 5.54. The molecule has 1 heterocycles. The third kappa shape index (κ3) is 7.86. The van der Waals surface area contributed by atoms with Crippen molar-refractivity contribution in [1.29, 1.82) is 0 Å². The molecule has 1 aromatic carbocycles. The topological polar surface area (TPSA) is 75.7 Å². The maximum Gasteiger partial charge on any atom is 0.252 e. The molecule has 8 nitrogen and oxygen atoms in total. The van der Waals surface area contributed by atoms with Gasteiger partial charge in [0.2, 0.25) is 0 Å². The van der Waals surface area contributed by atoms with Crippen LogP contribution in [0, 0.1) is 0 Å². The minimum Gasteiger partial charge on any atom is -0.464 e. The molecule has 30 heavy (non-hydrogen) atoms. The quantitative estimate of drug-likeness (QED) is 0.267. The average molecular weight is 458 g/mol. The Morgan fingerprint density at radius 3 is 2.33 bits per heavy atom. The smallest absolute Gasteiger partial charge is 0.252 e. The van der Waals surface area contributed by atoms with Gasteiger partial charge in [-0.1, -0.05) is 30.0 Å². The summed E-state index contributed by atoms with van der Waals surface area (Å²) in [5.74, 6) is 1.58. The van der Waals surface area contributed by atoms with Gasteiger partial charge in [-0.25, -0.2) is 0 Å². The molecule has 0 radical (unpaired) electrons. The average Bonchev–Trinajstić information content (AvgIpc) is 3.18. The number of benzene rings is 1. The van der Waals surface area contributed by atoms with Crippen LogP contribution in [0.15, 0.2) is 24.3 Å². The van der Waals surface area contributed by atoms with E-state index >= 15 is 0 Å². The Bertz CT molecular complexity index is 744. The summed E-state index contributed by atoms with van der Waals surface area (Å²) in [5.41, 5.74) is 0.759. The molecule has 0 spiro atoms. The summed E-state index contributed by atoms with van der Waals surface area (Å²) in [7, 11) is 3.09. The van der Waals surface area contributed by atoms with E-state index in [0.717, 1.165) is 11.3 Å². The highest BCUT2D eigenvalue weighted by Crippen LogP contribution is 2.29. The van der Waals surface area contributed by atoms with Crippen molar-refractivity contribution in [2.24, 2.45) is 0 Å². The molecular weight excluding hydrogens is 430 g/mol. The normalized spacial score (nSPS) is 16.1. The van der Waals surface area contributed by atoms with Crippen molar-refractivity contribution in [3.8, 4) is 11.5 Å². The summed E-state index contributed by atoms with van der Waals surface area (Å²) in [6.45, 7) is 4.09. The Balaban J connectivity index is 2.06. The maximum absolute atomic E-state index is 12.3. The van der Waals surface area contributed by atoms with E-state index in [1.54, 1.807) is 57.2 Å². The van der Waals surface area contributed by atoms with Gasteiger partial charge in [0, 0.05) is 32.6 Å². The first-order valence-electron chi connectivity index (χ1n) is 9.29. The van der Waals surface area contributed by atoms with Crippen molar-refractivity contribution in [1.82, 2.24) is 4.90 Å². The fourth-order valence-electron chi connectivity index (χ4n) is 2.23. The van der Waals surface area contributed by atoms with Crippen molar-refractivity contribution in [3.63, 3.8) is 0 Å². The summed E-state index contributed by atoms with van der Waals surface area (Å²) in [4.78, 5) is 13.9. The van der Waals surface area contributed by atoms with Crippen LogP contribution in [-0.2, 0) is 23.7 Å². The monoisotopic (exact) mass is 457 g/mol. The Hall–Kier alpha value is -1.69. The highest BCUT2D eigenvalue weighted by atomic mass is 32.2. The molecule has 0 N–H and O–H groups in total. The SMILES string of the molecule is COC(C)OCOc1ccc(C=CC(=O)N2CCSC2=S)cc1OCOC(C)OC. The third-order valence-electron chi connectivity index (χ3n) is 4.11. The number of ether oxygens (including phenoxy) is 6. The van der Waals surface area contributed by atoms with Gasteiger partial charge in [0.05, 0.1) is 0 Å².